The van der Waals surface area contributed by atoms with Crippen molar-refractivity contribution in [2.45, 2.75) is 19.4 Å². The largest absolute Gasteiger partial charge is 0.478 e. The fraction of sp³-hybridized carbons (Fsp3) is 0.211. The molecule has 0 atom stereocenters. The zero-order valence-electron chi connectivity index (χ0n) is 15.5. The number of carbonyl (C=O) groups is 3. The van der Waals surface area contributed by atoms with Crippen molar-refractivity contribution in [1.29, 1.82) is 0 Å². The van der Waals surface area contributed by atoms with Crippen molar-refractivity contribution in [1.82, 2.24) is 0 Å². The molecule has 0 radical (unpaired) electrons. The van der Waals surface area contributed by atoms with Gasteiger partial charge in [0.15, 0.2) is 5.60 Å². The van der Waals surface area contributed by atoms with Crippen molar-refractivity contribution in [3.63, 3.8) is 0 Å². The zero-order valence-corrected chi connectivity index (χ0v) is 15.5. The van der Waals surface area contributed by atoms with Gasteiger partial charge in [-0.1, -0.05) is 6.07 Å². The normalized spacial score (nSPS) is 14.6. The van der Waals surface area contributed by atoms with E-state index >= 15 is 0 Å². The number of non-ortho nitro benzene ring substituents is 1. The number of benzene rings is 2. The Morgan fingerprint density at radius 3 is 2.62 bits per heavy atom. The van der Waals surface area contributed by atoms with Gasteiger partial charge in [-0.2, -0.15) is 0 Å². The van der Waals surface area contributed by atoms with Crippen molar-refractivity contribution < 1.29 is 29.2 Å². The molecule has 2 aromatic rings. The summed E-state index contributed by atoms with van der Waals surface area (Å²) in [6, 6.07) is 9.41. The van der Waals surface area contributed by atoms with Gasteiger partial charge in [-0.05, 0) is 38.1 Å². The highest BCUT2D eigenvalue weighted by Gasteiger charge is 2.41. The maximum Gasteiger partial charge on any atom is 0.335 e. The van der Waals surface area contributed by atoms with Crippen molar-refractivity contribution in [3.8, 4) is 5.75 Å². The summed E-state index contributed by atoms with van der Waals surface area (Å²) < 4.78 is 5.63. The smallest absolute Gasteiger partial charge is 0.335 e. The Labute approximate surface area is 164 Å². The van der Waals surface area contributed by atoms with Gasteiger partial charge >= 0.3 is 5.97 Å². The van der Waals surface area contributed by atoms with Crippen molar-refractivity contribution in [2.75, 3.05) is 16.8 Å². The van der Waals surface area contributed by atoms with Crippen LogP contribution in [0.5, 0.6) is 5.75 Å². The third kappa shape index (κ3) is 4.00. The molecule has 0 aromatic heterocycles. The monoisotopic (exact) mass is 399 g/mol. The topological polar surface area (TPSA) is 139 Å². The van der Waals surface area contributed by atoms with Gasteiger partial charge in [-0.3, -0.25) is 24.6 Å². The second kappa shape index (κ2) is 7.23. The van der Waals surface area contributed by atoms with Crippen LogP contribution in [0.25, 0.3) is 0 Å². The Balaban J connectivity index is 1.87. The number of nitrogens with zero attached hydrogens (tertiary/aromatic N) is 2. The molecule has 0 bridgehead atoms. The molecule has 0 saturated heterocycles. The van der Waals surface area contributed by atoms with Crippen LogP contribution < -0.4 is 15.0 Å². The van der Waals surface area contributed by atoms with Gasteiger partial charge in [-0.15, -0.1) is 0 Å². The number of carboxylic acid groups (broad SMARTS) is 1. The Morgan fingerprint density at radius 1 is 1.24 bits per heavy atom. The number of carbonyl (C=O) groups excluding carboxylic acids is 2. The number of amides is 2. The lowest BCUT2D eigenvalue weighted by molar-refractivity contribution is -0.384. The third-order valence-corrected chi connectivity index (χ3v) is 4.27. The summed E-state index contributed by atoms with van der Waals surface area (Å²) in [6.07, 6.45) is 0. The molecular formula is C19H17N3O7. The van der Waals surface area contributed by atoms with Gasteiger partial charge in [0, 0.05) is 17.8 Å². The van der Waals surface area contributed by atoms with Crippen molar-refractivity contribution in [3.05, 3.63) is 58.1 Å². The summed E-state index contributed by atoms with van der Waals surface area (Å²) in [5.41, 5.74) is -1.04. The fourth-order valence-electron chi connectivity index (χ4n) is 2.90. The highest BCUT2D eigenvalue weighted by Crippen LogP contribution is 2.38. The van der Waals surface area contributed by atoms with Crippen molar-refractivity contribution in [2.24, 2.45) is 0 Å². The number of nitro benzene ring substituents is 1. The van der Waals surface area contributed by atoms with Crippen LogP contribution >= 0.6 is 0 Å². The molecule has 0 fully saturated rings. The molecule has 0 saturated carbocycles. The second-order valence-corrected chi connectivity index (χ2v) is 6.85. The van der Waals surface area contributed by atoms with Gasteiger partial charge in [0.05, 0.1) is 16.2 Å². The van der Waals surface area contributed by atoms with E-state index in [4.69, 9.17) is 9.84 Å². The predicted octanol–water partition coefficient (Wildman–Crippen LogP) is 2.44. The molecule has 1 heterocycles. The first-order valence-corrected chi connectivity index (χ1v) is 8.51. The standard InChI is InChI=1S/C19H17N3O7/c1-19(2)18(26)21(14-7-6-11(17(24)25)8-15(14)29-19)10-16(23)20-12-4-3-5-13(9-12)22(27)28/h3-9H,10H2,1-2H3,(H,20,23)(H,24,25). The van der Waals surface area contributed by atoms with E-state index in [9.17, 15) is 24.5 Å². The van der Waals surface area contributed by atoms with E-state index < -0.39 is 28.3 Å². The highest BCUT2D eigenvalue weighted by molar-refractivity contribution is 6.08. The lowest BCUT2D eigenvalue weighted by atomic mass is 10.0. The molecule has 3 rings (SSSR count). The van der Waals surface area contributed by atoms with Crippen LogP contribution in [0.1, 0.15) is 24.2 Å². The average molecular weight is 399 g/mol. The van der Waals surface area contributed by atoms with Crippen LogP contribution in [-0.2, 0) is 9.59 Å². The summed E-state index contributed by atoms with van der Waals surface area (Å²) >= 11 is 0. The molecule has 10 nitrogen and oxygen atoms in total. The van der Waals surface area contributed by atoms with Gasteiger partial charge in [0.1, 0.15) is 12.3 Å². The molecule has 1 aliphatic rings. The number of ether oxygens (including phenoxy) is 1. The number of nitrogens with one attached hydrogen (secondary N) is 1. The zero-order chi connectivity index (χ0) is 21.3. The van der Waals surface area contributed by atoms with Crippen LogP contribution in [0.2, 0.25) is 0 Å². The van der Waals surface area contributed by atoms with E-state index in [2.05, 4.69) is 5.32 Å². The summed E-state index contributed by atoms with van der Waals surface area (Å²) in [5.74, 6) is -2.05. The van der Waals surface area contributed by atoms with Crippen LogP contribution in [0.15, 0.2) is 42.5 Å². The summed E-state index contributed by atoms with van der Waals surface area (Å²) in [7, 11) is 0. The molecule has 2 amide bonds. The summed E-state index contributed by atoms with van der Waals surface area (Å²) in [5, 5.41) is 22.5. The average Bonchev–Trinajstić information content (AvgIpc) is 2.64. The van der Waals surface area contributed by atoms with Gasteiger partial charge < -0.3 is 15.2 Å². The number of nitro groups is 1. The number of rotatable bonds is 5. The maximum absolute atomic E-state index is 12.8. The molecule has 0 unspecified atom stereocenters. The van der Waals surface area contributed by atoms with Crippen LogP contribution in [0, 0.1) is 10.1 Å². The van der Waals surface area contributed by atoms with E-state index in [0.29, 0.717) is 0 Å². The number of hydrogen-bond donors (Lipinski definition) is 2. The number of anilines is 2. The quantitative estimate of drug-likeness (QED) is 0.581. The van der Waals surface area contributed by atoms with E-state index in [1.807, 2.05) is 0 Å². The summed E-state index contributed by atoms with van der Waals surface area (Å²) in [6.45, 7) is 2.64. The number of aromatic carboxylic acids is 1. The predicted molar refractivity (Wildman–Crippen MR) is 102 cm³/mol. The van der Waals surface area contributed by atoms with Crippen LogP contribution in [0.4, 0.5) is 17.1 Å². The number of hydrogen-bond acceptors (Lipinski definition) is 6. The van der Waals surface area contributed by atoms with Gasteiger partial charge in [0.2, 0.25) is 5.91 Å². The Morgan fingerprint density at radius 2 is 1.97 bits per heavy atom. The molecular weight excluding hydrogens is 382 g/mol. The van der Waals surface area contributed by atoms with Crippen molar-refractivity contribution >= 4 is 34.8 Å². The molecule has 2 N–H and O–H groups in total. The van der Waals surface area contributed by atoms with Gasteiger partial charge in [0.25, 0.3) is 11.6 Å². The van der Waals surface area contributed by atoms with Crippen LogP contribution in [0.3, 0.4) is 0 Å². The van der Waals surface area contributed by atoms with Crippen LogP contribution in [-0.4, -0.2) is 40.0 Å². The van der Waals surface area contributed by atoms with E-state index in [0.717, 1.165) is 0 Å². The molecule has 0 aliphatic carbocycles. The first kappa shape index (κ1) is 19.8. The first-order chi connectivity index (χ1) is 13.6. The van der Waals surface area contributed by atoms with E-state index in [-0.39, 0.29) is 34.9 Å². The molecule has 1 aliphatic heterocycles. The molecule has 0 spiro atoms. The lowest BCUT2D eigenvalue weighted by Crippen LogP contribution is -2.54. The van der Waals surface area contributed by atoms with Gasteiger partial charge in [-0.25, -0.2) is 4.79 Å². The SMILES string of the molecule is CC1(C)Oc2cc(C(=O)O)ccc2N(CC(=O)Nc2cccc([N+](=O)[O-])c2)C1=O. The van der Waals surface area contributed by atoms with E-state index in [1.165, 1.54) is 61.2 Å². The minimum Gasteiger partial charge on any atom is -0.478 e. The second-order valence-electron chi connectivity index (χ2n) is 6.85. The third-order valence-electron chi connectivity index (χ3n) is 4.27. The molecule has 29 heavy (non-hydrogen) atoms. The molecule has 150 valence electrons. The fourth-order valence-corrected chi connectivity index (χ4v) is 2.90. The lowest BCUT2D eigenvalue weighted by Gasteiger charge is -2.38. The minimum absolute atomic E-state index is 0.0186. The summed E-state index contributed by atoms with van der Waals surface area (Å²) in [4.78, 5) is 47.9. The molecule has 10 heteroatoms. The van der Waals surface area contributed by atoms with E-state index in [1.54, 1.807) is 0 Å². The minimum atomic E-state index is -1.31. The number of carboxylic acids is 1. The number of fused-ring (bicyclic) bond motifs is 1. The Hall–Kier alpha value is -3.95. The maximum atomic E-state index is 12.8. The first-order valence-electron chi connectivity index (χ1n) is 8.51. The Kier molecular flexibility index (Phi) is 4.93. The molecule has 2 aromatic carbocycles. The highest BCUT2D eigenvalue weighted by atomic mass is 16.6. The Bertz CT molecular complexity index is 1030.